The second-order valence-electron chi connectivity index (χ2n) is 10.1. The van der Waals surface area contributed by atoms with Crippen LogP contribution in [0, 0.1) is 13.5 Å². The van der Waals surface area contributed by atoms with Crippen molar-refractivity contribution in [3.8, 4) is 11.3 Å². The molecule has 3 aromatic rings. The summed E-state index contributed by atoms with van der Waals surface area (Å²) in [6.45, 7) is 17.6. The summed E-state index contributed by atoms with van der Waals surface area (Å²) in [6, 6.07) is 6.85. The van der Waals surface area contributed by atoms with Gasteiger partial charge in [0.2, 0.25) is 5.95 Å². The Hall–Kier alpha value is -2.73. The van der Waals surface area contributed by atoms with Gasteiger partial charge in [-0.2, -0.15) is 0 Å². The first-order valence-corrected chi connectivity index (χ1v) is 15.3. The van der Waals surface area contributed by atoms with Crippen LogP contribution in [-0.4, -0.2) is 46.5 Å². The average Bonchev–Trinajstić information content (AvgIpc) is 3.34. The first-order chi connectivity index (χ1) is 15.7. The quantitative estimate of drug-likeness (QED) is 0.258. The Labute approximate surface area is 196 Å². The van der Waals surface area contributed by atoms with Gasteiger partial charge in [0.15, 0.2) is 5.69 Å². The van der Waals surface area contributed by atoms with Crippen molar-refractivity contribution in [1.29, 1.82) is 0 Å². The van der Waals surface area contributed by atoms with Gasteiger partial charge in [0.05, 0.1) is 24.4 Å². The maximum Gasteiger partial charge on any atom is 0.223 e. The maximum absolute atomic E-state index is 10.2. The van der Waals surface area contributed by atoms with E-state index in [1.807, 2.05) is 31.3 Å². The van der Waals surface area contributed by atoms with Crippen molar-refractivity contribution >= 4 is 30.6 Å². The van der Waals surface area contributed by atoms with Gasteiger partial charge in [-0.25, -0.2) is 14.8 Å². The third kappa shape index (κ3) is 5.44. The molecule has 2 heterocycles. The van der Waals surface area contributed by atoms with Gasteiger partial charge in [-0.05, 0) is 43.9 Å². The van der Waals surface area contributed by atoms with E-state index in [0.29, 0.717) is 18.4 Å². The van der Waals surface area contributed by atoms with Crippen molar-refractivity contribution in [3.63, 3.8) is 0 Å². The maximum atomic E-state index is 10.2. The van der Waals surface area contributed by atoms with Crippen molar-refractivity contribution in [1.82, 2.24) is 14.5 Å². The van der Waals surface area contributed by atoms with Gasteiger partial charge in [0.1, 0.15) is 6.73 Å². The summed E-state index contributed by atoms with van der Waals surface area (Å²) in [5, 5.41) is 14.5. The number of hydrogen-bond acceptors (Lipinski definition) is 5. The summed E-state index contributed by atoms with van der Waals surface area (Å²) >= 11 is 0. The molecule has 1 aliphatic rings. The minimum Gasteiger partial charge on any atom is -0.391 e. The number of aromatic nitrogens is 3. The normalized spacial score (nSPS) is 18.5. The summed E-state index contributed by atoms with van der Waals surface area (Å²) in [5.41, 5.74) is 4.38. The van der Waals surface area contributed by atoms with E-state index in [1.165, 1.54) is 0 Å². The van der Waals surface area contributed by atoms with Crippen LogP contribution >= 0.6 is 0 Å². The van der Waals surface area contributed by atoms with Gasteiger partial charge < -0.3 is 19.7 Å². The van der Waals surface area contributed by atoms with E-state index >= 15 is 0 Å². The molecule has 0 amide bonds. The molecule has 0 spiro atoms. The molecule has 2 N–H and O–H groups in total. The average molecular weight is 464 g/mol. The number of hydrogen-bond donors (Lipinski definition) is 2. The van der Waals surface area contributed by atoms with Gasteiger partial charge in [-0.1, -0.05) is 31.8 Å². The van der Waals surface area contributed by atoms with E-state index in [4.69, 9.17) is 16.3 Å². The second kappa shape index (κ2) is 9.63. The number of benzene rings is 1. The number of anilines is 1. The van der Waals surface area contributed by atoms with Crippen molar-refractivity contribution in [2.45, 2.75) is 70.7 Å². The summed E-state index contributed by atoms with van der Waals surface area (Å²) < 4.78 is 8.10. The highest BCUT2D eigenvalue weighted by Crippen LogP contribution is 2.34. The van der Waals surface area contributed by atoms with Crippen LogP contribution in [0.5, 0.6) is 0 Å². The Morgan fingerprint density at radius 3 is 2.82 bits per heavy atom. The highest BCUT2D eigenvalue weighted by atomic mass is 28.3. The molecule has 0 unspecified atom stereocenters. The zero-order chi connectivity index (χ0) is 23.6. The Bertz CT molecular complexity index is 1180. The number of aryl methyl sites for hydroxylation is 1. The standard InChI is InChI=1S/C25H33N5O2Si/c1-17-14-27-25(28-21-7-6-8-23(21)31)29-24(17)20-15-30(16-32-11-12-33(3,4)5)22-13-18(26-2)9-10-19(20)22/h9-10,13-15,21,23,31H,6-8,11-12,16H2,1,3-5H3,(H,27,28,29)/t21-,23+/m0/s1. The molecule has 7 nitrogen and oxygen atoms in total. The SMILES string of the molecule is [C-]#[N+]c1ccc2c(-c3nc(N[C@H]4CCC[C@H]4O)ncc3C)cn(COCC[Si](C)(C)C)c2c1. The van der Waals surface area contributed by atoms with Crippen LogP contribution in [0.25, 0.3) is 27.0 Å². The van der Waals surface area contributed by atoms with Gasteiger partial charge in [-0.3, -0.25) is 0 Å². The highest BCUT2D eigenvalue weighted by Gasteiger charge is 2.26. The fourth-order valence-electron chi connectivity index (χ4n) is 4.25. The van der Waals surface area contributed by atoms with Crippen LogP contribution in [0.1, 0.15) is 24.8 Å². The molecule has 1 fully saturated rings. The van der Waals surface area contributed by atoms with E-state index in [9.17, 15) is 5.11 Å². The molecule has 33 heavy (non-hydrogen) atoms. The molecule has 1 aliphatic carbocycles. The van der Waals surface area contributed by atoms with Crippen molar-refractivity contribution in [2.24, 2.45) is 0 Å². The van der Waals surface area contributed by atoms with Crippen LogP contribution in [-0.2, 0) is 11.5 Å². The minimum absolute atomic E-state index is 0.0112. The van der Waals surface area contributed by atoms with Crippen molar-refractivity contribution in [2.75, 3.05) is 11.9 Å². The number of nitrogens with zero attached hydrogens (tertiary/aromatic N) is 4. The molecule has 1 aromatic carbocycles. The molecule has 2 aromatic heterocycles. The summed E-state index contributed by atoms with van der Waals surface area (Å²) in [7, 11) is -1.16. The smallest absolute Gasteiger partial charge is 0.223 e. The van der Waals surface area contributed by atoms with E-state index < -0.39 is 8.07 Å². The second-order valence-corrected chi connectivity index (χ2v) is 15.8. The molecular weight excluding hydrogens is 430 g/mol. The summed E-state index contributed by atoms with van der Waals surface area (Å²) in [5.74, 6) is 0.534. The minimum atomic E-state index is -1.16. The Balaban J connectivity index is 1.67. The number of ether oxygens (including phenoxy) is 1. The lowest BCUT2D eigenvalue weighted by molar-refractivity contribution is 0.0903. The lowest BCUT2D eigenvalue weighted by atomic mass is 10.1. The number of fused-ring (bicyclic) bond motifs is 1. The molecule has 0 aliphatic heterocycles. The van der Waals surface area contributed by atoms with E-state index in [-0.39, 0.29) is 12.1 Å². The number of nitrogens with one attached hydrogen (secondary N) is 1. The Morgan fingerprint density at radius 1 is 1.30 bits per heavy atom. The molecule has 174 valence electrons. The van der Waals surface area contributed by atoms with Crippen LogP contribution in [0.2, 0.25) is 25.7 Å². The van der Waals surface area contributed by atoms with Crippen LogP contribution < -0.4 is 5.32 Å². The fourth-order valence-corrected chi connectivity index (χ4v) is 5.00. The van der Waals surface area contributed by atoms with Crippen molar-refractivity contribution < 1.29 is 9.84 Å². The molecule has 8 heteroatoms. The lowest BCUT2D eigenvalue weighted by Crippen LogP contribution is -2.28. The van der Waals surface area contributed by atoms with E-state index in [2.05, 4.69) is 45.6 Å². The highest BCUT2D eigenvalue weighted by molar-refractivity contribution is 6.76. The number of aliphatic hydroxyl groups excluding tert-OH is 1. The Morgan fingerprint density at radius 2 is 2.12 bits per heavy atom. The molecular formula is C25H33N5O2Si. The lowest BCUT2D eigenvalue weighted by Gasteiger charge is -2.17. The Kier molecular flexibility index (Phi) is 6.84. The molecule has 4 rings (SSSR count). The molecule has 0 bridgehead atoms. The first kappa shape index (κ1) is 23.4. The summed E-state index contributed by atoms with van der Waals surface area (Å²) in [4.78, 5) is 12.9. The predicted molar refractivity (Wildman–Crippen MR) is 135 cm³/mol. The van der Waals surface area contributed by atoms with Gasteiger partial charge in [0, 0.05) is 43.5 Å². The monoisotopic (exact) mass is 463 g/mol. The topological polar surface area (TPSA) is 76.6 Å². The van der Waals surface area contributed by atoms with Gasteiger partial charge >= 0.3 is 0 Å². The molecule has 2 atom stereocenters. The zero-order valence-corrected chi connectivity index (χ0v) is 20.9. The third-order valence-electron chi connectivity index (χ3n) is 6.24. The predicted octanol–water partition coefficient (Wildman–Crippen LogP) is 5.60. The molecule has 1 saturated carbocycles. The fraction of sp³-hybridized carbons (Fsp3) is 0.480. The molecule has 0 saturated heterocycles. The van der Waals surface area contributed by atoms with Crippen molar-refractivity contribution in [3.05, 3.63) is 47.6 Å². The van der Waals surface area contributed by atoms with Gasteiger partial charge in [0.25, 0.3) is 0 Å². The third-order valence-corrected chi connectivity index (χ3v) is 7.95. The molecule has 0 radical (unpaired) electrons. The van der Waals surface area contributed by atoms with E-state index in [1.54, 1.807) is 0 Å². The van der Waals surface area contributed by atoms with Crippen LogP contribution in [0.3, 0.4) is 0 Å². The van der Waals surface area contributed by atoms with Crippen LogP contribution in [0.4, 0.5) is 11.6 Å². The van der Waals surface area contributed by atoms with Gasteiger partial charge in [-0.15, -0.1) is 0 Å². The summed E-state index contributed by atoms with van der Waals surface area (Å²) in [6.07, 6.45) is 6.27. The largest absolute Gasteiger partial charge is 0.391 e. The van der Waals surface area contributed by atoms with E-state index in [0.717, 1.165) is 59.6 Å². The first-order valence-electron chi connectivity index (χ1n) is 11.6. The zero-order valence-electron chi connectivity index (χ0n) is 19.9. The van der Waals surface area contributed by atoms with Crippen LogP contribution in [0.15, 0.2) is 30.6 Å². The number of aliphatic hydroxyl groups is 1. The number of rotatable bonds is 8.